The number of nitrogens with zero attached hydrogens (tertiary/aromatic N) is 1. The fourth-order valence-corrected chi connectivity index (χ4v) is 4.28. The van der Waals surface area contributed by atoms with Crippen molar-refractivity contribution < 1.29 is 9.53 Å². The summed E-state index contributed by atoms with van der Waals surface area (Å²) in [5.74, 6) is 2.70. The van der Waals surface area contributed by atoms with Gasteiger partial charge in [0.2, 0.25) is 0 Å². The van der Waals surface area contributed by atoms with Gasteiger partial charge in [0.1, 0.15) is 11.5 Å². The van der Waals surface area contributed by atoms with Crippen LogP contribution in [0.15, 0.2) is 47.5 Å². The molecule has 0 N–H and O–H groups in total. The monoisotopic (exact) mass is 541 g/mol. The molecule has 3 nitrogen and oxygen atoms in total. The van der Waals surface area contributed by atoms with E-state index < -0.39 is 0 Å². The minimum absolute atomic E-state index is 0.357. The van der Waals surface area contributed by atoms with E-state index in [4.69, 9.17) is 4.74 Å². The highest BCUT2D eigenvalue weighted by Crippen LogP contribution is 2.25. The summed E-state index contributed by atoms with van der Waals surface area (Å²) in [6.07, 6.45) is 10.3. The Morgan fingerprint density at radius 3 is 2.13 bits per heavy atom. The third-order valence-corrected chi connectivity index (χ3v) is 7.41. The van der Waals surface area contributed by atoms with Crippen LogP contribution in [0.5, 0.6) is 5.75 Å². The molecule has 1 aliphatic rings. The fraction of sp³-hybridized carbons (Fsp3) is 0.588. The normalized spacial score (nSPS) is 13.4. The summed E-state index contributed by atoms with van der Waals surface area (Å²) in [5.41, 5.74) is 4.68. The smallest absolute Gasteiger partial charge is 0.133 e. The zero-order chi connectivity index (χ0) is 28.9. The summed E-state index contributed by atoms with van der Waals surface area (Å²) in [6, 6.07) is 14.2. The lowest BCUT2D eigenvalue weighted by molar-refractivity contribution is -0.119. The van der Waals surface area contributed by atoms with E-state index >= 15 is 0 Å². The Kier molecular flexibility index (Phi) is 20.7. The van der Waals surface area contributed by atoms with Gasteiger partial charge in [-0.1, -0.05) is 97.6 Å². The molecule has 1 saturated carbocycles. The van der Waals surface area contributed by atoms with Crippen LogP contribution in [0, 0.1) is 12.8 Å². The lowest BCUT2D eigenvalue weighted by Crippen LogP contribution is -2.04. The van der Waals surface area contributed by atoms with Gasteiger partial charge in [-0.25, -0.2) is 0 Å². The summed E-state index contributed by atoms with van der Waals surface area (Å²) >= 11 is 0. The summed E-state index contributed by atoms with van der Waals surface area (Å²) in [5, 5.41) is 1.09. The molecule has 2 atom stereocenters. The van der Waals surface area contributed by atoms with Crippen molar-refractivity contribution in [2.24, 2.45) is 10.9 Å². The number of benzene rings is 2. The van der Waals surface area contributed by atoms with Gasteiger partial charge in [0.25, 0.3) is 0 Å². The van der Waals surface area contributed by atoms with E-state index in [1.54, 1.807) is 7.11 Å². The third-order valence-electron chi connectivity index (χ3n) is 6.69. The van der Waals surface area contributed by atoms with E-state index in [-0.39, 0.29) is 0 Å². The van der Waals surface area contributed by atoms with E-state index in [1.165, 1.54) is 48.9 Å². The summed E-state index contributed by atoms with van der Waals surface area (Å²) < 4.78 is 5.28. The molecule has 0 amide bonds. The minimum Gasteiger partial charge on any atom is -0.496 e. The van der Waals surface area contributed by atoms with Gasteiger partial charge in [-0.15, -0.1) is 9.24 Å². The number of ether oxygens (including phenoxy) is 1. The lowest BCUT2D eigenvalue weighted by Gasteiger charge is -2.18. The highest BCUT2D eigenvalue weighted by atomic mass is 31.0. The number of carbonyl (C=O) groups excluding carboxylic acids is 1. The van der Waals surface area contributed by atoms with Crippen LogP contribution in [0.1, 0.15) is 123 Å². The highest BCUT2D eigenvalue weighted by molar-refractivity contribution is 7.28. The number of hydrogen-bond acceptors (Lipinski definition) is 3. The molecule has 2 unspecified atom stereocenters. The molecule has 2 aromatic carbocycles. The predicted octanol–water partition coefficient (Wildman–Crippen LogP) is 10.2. The van der Waals surface area contributed by atoms with Gasteiger partial charge in [0.15, 0.2) is 0 Å². The quantitative estimate of drug-likeness (QED) is 0.222. The summed E-state index contributed by atoms with van der Waals surface area (Å²) in [7, 11) is 4.42. The van der Waals surface area contributed by atoms with Gasteiger partial charge in [-0.05, 0) is 68.2 Å². The van der Waals surface area contributed by atoms with E-state index in [9.17, 15) is 4.79 Å². The Bertz CT molecular complexity index is 920. The van der Waals surface area contributed by atoms with E-state index in [0.717, 1.165) is 41.9 Å². The standard InChI is InChI=1S/C14H22NOP.C13H18O.C5H10.C2H6/c1-5-6-7-10(2)15-12-8-9-13(16-4)14(17)11(12)3;1-3-7-13(14)10-11(2)12-8-5-4-6-9-12;1-5-3-2-4-5;1-2/h8-9H,5-7,17H2,1-4H3;4-6,8-9,11H,3,7,10H2,1-2H3;5H,2-4H2,1H3;1-2H3. The Morgan fingerprint density at radius 2 is 1.66 bits per heavy atom. The van der Waals surface area contributed by atoms with Crippen molar-refractivity contribution in [1.82, 2.24) is 0 Å². The first-order valence-electron chi connectivity index (χ1n) is 14.8. The number of ketones is 1. The predicted molar refractivity (Wildman–Crippen MR) is 173 cm³/mol. The maximum absolute atomic E-state index is 11.4. The number of rotatable bonds is 10. The summed E-state index contributed by atoms with van der Waals surface area (Å²) in [6.45, 7) is 16.8. The fourth-order valence-electron chi connectivity index (χ4n) is 3.92. The van der Waals surface area contributed by atoms with Crippen molar-refractivity contribution in [3.63, 3.8) is 0 Å². The molecule has 1 aliphatic carbocycles. The van der Waals surface area contributed by atoms with Crippen molar-refractivity contribution in [3.8, 4) is 5.75 Å². The van der Waals surface area contributed by atoms with Crippen LogP contribution in [-0.2, 0) is 4.79 Å². The lowest BCUT2D eigenvalue weighted by atomic mass is 9.88. The molecule has 0 heterocycles. The van der Waals surface area contributed by atoms with Crippen molar-refractivity contribution in [2.45, 2.75) is 119 Å². The highest BCUT2D eigenvalue weighted by Gasteiger charge is 2.10. The number of aliphatic imine (C=N–C) groups is 1. The van der Waals surface area contributed by atoms with Crippen molar-refractivity contribution in [3.05, 3.63) is 53.6 Å². The molecular weight excluding hydrogens is 485 g/mol. The zero-order valence-corrected chi connectivity index (χ0v) is 27.1. The number of hydrogen-bond donors (Lipinski definition) is 0. The van der Waals surface area contributed by atoms with Crippen LogP contribution in [0.4, 0.5) is 5.69 Å². The van der Waals surface area contributed by atoms with Crippen LogP contribution in [-0.4, -0.2) is 18.6 Å². The van der Waals surface area contributed by atoms with Crippen molar-refractivity contribution >= 4 is 31.7 Å². The first kappa shape index (κ1) is 36.0. The maximum Gasteiger partial charge on any atom is 0.133 e. The average molecular weight is 542 g/mol. The molecule has 214 valence electrons. The number of carbonyl (C=O) groups is 1. The maximum atomic E-state index is 11.4. The minimum atomic E-state index is 0.357. The zero-order valence-electron chi connectivity index (χ0n) is 25.9. The van der Waals surface area contributed by atoms with Crippen LogP contribution < -0.4 is 10.0 Å². The second-order valence-corrected chi connectivity index (χ2v) is 10.7. The molecule has 0 spiro atoms. The molecule has 0 saturated heterocycles. The number of unbranched alkanes of at least 4 members (excludes halogenated alkanes) is 1. The molecule has 0 bridgehead atoms. The molecule has 38 heavy (non-hydrogen) atoms. The average Bonchev–Trinajstić information content (AvgIpc) is 2.91. The number of Topliss-reactive ketones (excluding diaryl/α,β-unsaturated/α-hetero) is 1. The van der Waals surface area contributed by atoms with Crippen LogP contribution in [0.2, 0.25) is 0 Å². The Labute approximate surface area is 237 Å². The van der Waals surface area contributed by atoms with E-state index in [2.05, 4.69) is 61.0 Å². The van der Waals surface area contributed by atoms with Crippen molar-refractivity contribution in [2.75, 3.05) is 7.11 Å². The van der Waals surface area contributed by atoms with E-state index in [0.29, 0.717) is 18.1 Å². The van der Waals surface area contributed by atoms with Gasteiger partial charge < -0.3 is 4.74 Å². The van der Waals surface area contributed by atoms with Gasteiger partial charge in [0.05, 0.1) is 12.8 Å². The van der Waals surface area contributed by atoms with Crippen molar-refractivity contribution in [1.29, 1.82) is 0 Å². The first-order valence-corrected chi connectivity index (χ1v) is 15.3. The van der Waals surface area contributed by atoms with Gasteiger partial charge in [-0.2, -0.15) is 0 Å². The second kappa shape index (κ2) is 21.9. The molecule has 2 aromatic rings. The molecule has 1 fully saturated rings. The van der Waals surface area contributed by atoms with Crippen LogP contribution >= 0.6 is 9.24 Å². The third kappa shape index (κ3) is 14.8. The SMILES string of the molecule is CC.CC1CCC1.CCCC(=O)CC(C)c1ccccc1.CCCCC(C)=Nc1ccc(OC)c(P)c1C. The molecule has 4 heteroatoms. The Hall–Kier alpha value is -1.99. The van der Waals surface area contributed by atoms with Gasteiger partial charge in [-0.3, -0.25) is 9.79 Å². The molecule has 0 aliphatic heterocycles. The molecular formula is C34H56NO2P. The topological polar surface area (TPSA) is 38.7 Å². The summed E-state index contributed by atoms with van der Waals surface area (Å²) in [4.78, 5) is 16.1. The van der Waals surface area contributed by atoms with Crippen LogP contribution in [0.3, 0.4) is 0 Å². The Balaban J connectivity index is 0.000000582. The largest absolute Gasteiger partial charge is 0.496 e. The van der Waals surface area contributed by atoms with Gasteiger partial charge in [0, 0.05) is 23.9 Å². The van der Waals surface area contributed by atoms with Gasteiger partial charge >= 0.3 is 0 Å². The molecule has 3 rings (SSSR count). The first-order chi connectivity index (χ1) is 18.2. The van der Waals surface area contributed by atoms with Crippen LogP contribution in [0.25, 0.3) is 0 Å². The van der Waals surface area contributed by atoms with E-state index in [1.807, 2.05) is 51.1 Å². The Morgan fingerprint density at radius 1 is 1.05 bits per heavy atom. The molecule has 0 aromatic heterocycles. The number of methoxy groups -OCH3 is 1. The second-order valence-electron chi connectivity index (χ2n) is 10.1. The molecule has 0 radical (unpaired) electrons.